The lowest BCUT2D eigenvalue weighted by atomic mass is 10.0. The van der Waals surface area contributed by atoms with Crippen LogP contribution >= 0.6 is 0 Å². The number of esters is 1. The summed E-state index contributed by atoms with van der Waals surface area (Å²) in [6, 6.07) is -1.38. The number of carbonyl (C=O) groups excluding carboxylic acids is 3. The molecule has 9 heteroatoms. The number of nitrogens with one attached hydrogen (secondary N) is 2. The van der Waals surface area contributed by atoms with Crippen LogP contribution in [0.25, 0.3) is 0 Å². The van der Waals surface area contributed by atoms with Gasteiger partial charge < -0.3 is 25.6 Å². The summed E-state index contributed by atoms with van der Waals surface area (Å²) < 4.78 is 6.00. The molecule has 0 aliphatic carbocycles. The molecule has 0 saturated heterocycles. The van der Waals surface area contributed by atoms with Crippen molar-refractivity contribution in [2.45, 2.75) is 231 Å². The van der Waals surface area contributed by atoms with Crippen molar-refractivity contribution in [1.29, 1.82) is 0 Å². The third kappa shape index (κ3) is 36.3. The molecule has 53 heavy (non-hydrogen) atoms. The zero-order chi connectivity index (χ0) is 39.0. The van der Waals surface area contributed by atoms with Crippen LogP contribution in [0.1, 0.15) is 219 Å². The van der Waals surface area contributed by atoms with Gasteiger partial charge >= 0.3 is 11.9 Å². The average Bonchev–Trinajstić information content (AvgIpc) is 3.14. The van der Waals surface area contributed by atoms with Crippen LogP contribution in [0.3, 0.4) is 0 Å². The molecule has 0 aromatic carbocycles. The second kappa shape index (κ2) is 39.3. The van der Waals surface area contributed by atoms with E-state index in [1.807, 2.05) is 0 Å². The zero-order valence-electron chi connectivity index (χ0n) is 34.3. The fraction of sp³-hybridized carbons (Fsp3) is 0.864. The van der Waals surface area contributed by atoms with Crippen LogP contribution in [0, 0.1) is 0 Å². The molecule has 9 nitrogen and oxygen atoms in total. The number of carboxylic acid groups (broad SMARTS) is 1. The Hall–Kier alpha value is -2.42. The molecule has 2 amide bonds. The van der Waals surface area contributed by atoms with Crippen molar-refractivity contribution in [3.63, 3.8) is 0 Å². The van der Waals surface area contributed by atoms with Gasteiger partial charge in [-0.3, -0.25) is 14.4 Å². The Bertz CT molecular complexity index is 910. The molecule has 0 heterocycles. The predicted molar refractivity (Wildman–Crippen MR) is 218 cm³/mol. The SMILES string of the molecule is CCCCCCCCC/C=C\CCCCCCCCCC(=O)OC(CCCCCCCCC)CCCCCCCC(=O)NCC(=O)NC(CO)C(=O)O. The van der Waals surface area contributed by atoms with Crippen LogP contribution in [-0.2, 0) is 23.9 Å². The summed E-state index contributed by atoms with van der Waals surface area (Å²) in [5.74, 6) is -2.29. The fourth-order valence-electron chi connectivity index (χ4n) is 6.59. The molecule has 2 atom stereocenters. The standard InChI is InChI=1S/C44H82N2O7/c1-3-5-7-9-11-12-13-14-15-16-17-18-19-20-21-23-28-32-36-43(50)53-39(33-29-25-22-10-8-6-4-2)34-30-26-24-27-31-35-41(48)45-37-42(49)46-40(38-47)44(51)52/h15-16,39-40,47H,3-14,17-38H2,1-2H3,(H,45,48)(H,46,49)(H,51,52)/b16-15-. The van der Waals surface area contributed by atoms with Crippen molar-refractivity contribution in [2.24, 2.45) is 0 Å². The van der Waals surface area contributed by atoms with Gasteiger partial charge in [-0.15, -0.1) is 0 Å². The van der Waals surface area contributed by atoms with Gasteiger partial charge in [0.1, 0.15) is 12.1 Å². The first-order chi connectivity index (χ1) is 25.8. The van der Waals surface area contributed by atoms with E-state index in [4.69, 9.17) is 14.9 Å². The number of allylic oxidation sites excluding steroid dienone is 2. The second-order valence-electron chi connectivity index (χ2n) is 15.1. The van der Waals surface area contributed by atoms with E-state index in [-0.39, 0.29) is 24.5 Å². The Kier molecular flexibility index (Phi) is 37.5. The third-order valence-corrected chi connectivity index (χ3v) is 10.0. The Morgan fingerprint density at radius 3 is 1.42 bits per heavy atom. The van der Waals surface area contributed by atoms with E-state index in [1.54, 1.807) is 0 Å². The summed E-state index contributed by atoms with van der Waals surface area (Å²) in [5.41, 5.74) is 0. The fourth-order valence-corrected chi connectivity index (χ4v) is 6.59. The molecular formula is C44H82N2O7. The van der Waals surface area contributed by atoms with Crippen LogP contribution in [0.15, 0.2) is 12.2 Å². The zero-order valence-corrected chi connectivity index (χ0v) is 34.3. The molecular weight excluding hydrogens is 668 g/mol. The normalized spacial score (nSPS) is 12.5. The summed E-state index contributed by atoms with van der Waals surface area (Å²) in [5, 5.41) is 22.5. The van der Waals surface area contributed by atoms with E-state index in [9.17, 15) is 19.2 Å². The van der Waals surface area contributed by atoms with E-state index in [0.717, 1.165) is 57.8 Å². The number of hydrogen-bond acceptors (Lipinski definition) is 6. The van der Waals surface area contributed by atoms with Crippen LogP contribution < -0.4 is 10.6 Å². The van der Waals surface area contributed by atoms with Gasteiger partial charge in [-0.1, -0.05) is 154 Å². The number of ether oxygens (including phenoxy) is 1. The lowest BCUT2D eigenvalue weighted by molar-refractivity contribution is -0.150. The first kappa shape index (κ1) is 50.6. The van der Waals surface area contributed by atoms with Crippen molar-refractivity contribution in [2.75, 3.05) is 13.2 Å². The number of rotatable bonds is 40. The highest BCUT2D eigenvalue weighted by molar-refractivity contribution is 5.87. The average molecular weight is 751 g/mol. The summed E-state index contributed by atoms with van der Waals surface area (Å²) >= 11 is 0. The third-order valence-electron chi connectivity index (χ3n) is 10.0. The Morgan fingerprint density at radius 1 is 0.547 bits per heavy atom. The van der Waals surface area contributed by atoms with Gasteiger partial charge in [-0.05, 0) is 64.2 Å². The maximum Gasteiger partial charge on any atom is 0.328 e. The van der Waals surface area contributed by atoms with Gasteiger partial charge in [0.2, 0.25) is 11.8 Å². The Morgan fingerprint density at radius 2 is 0.962 bits per heavy atom. The number of aliphatic hydroxyl groups is 1. The van der Waals surface area contributed by atoms with E-state index in [2.05, 4.69) is 36.6 Å². The second-order valence-corrected chi connectivity index (χ2v) is 15.1. The molecule has 0 aromatic heterocycles. The molecule has 0 spiro atoms. The highest BCUT2D eigenvalue weighted by Crippen LogP contribution is 2.19. The molecule has 2 unspecified atom stereocenters. The topological polar surface area (TPSA) is 142 Å². The quantitative estimate of drug-likeness (QED) is 0.0277. The maximum absolute atomic E-state index is 12.7. The Balaban J connectivity index is 4.11. The van der Waals surface area contributed by atoms with E-state index in [1.165, 1.54) is 128 Å². The van der Waals surface area contributed by atoms with Gasteiger partial charge in [-0.2, -0.15) is 0 Å². The van der Waals surface area contributed by atoms with Gasteiger partial charge in [0.15, 0.2) is 0 Å². The highest BCUT2D eigenvalue weighted by Gasteiger charge is 2.19. The number of unbranched alkanes of at least 4 members (excludes halogenated alkanes) is 24. The minimum absolute atomic E-state index is 0.00813. The van der Waals surface area contributed by atoms with Crippen LogP contribution in [0.2, 0.25) is 0 Å². The van der Waals surface area contributed by atoms with Crippen LogP contribution in [0.4, 0.5) is 0 Å². The monoisotopic (exact) mass is 751 g/mol. The van der Waals surface area contributed by atoms with Crippen molar-refractivity contribution in [3.8, 4) is 0 Å². The molecule has 0 aliphatic rings. The van der Waals surface area contributed by atoms with Gasteiger partial charge in [0, 0.05) is 12.8 Å². The summed E-state index contributed by atoms with van der Waals surface area (Å²) in [7, 11) is 0. The molecule has 0 fully saturated rings. The van der Waals surface area contributed by atoms with Crippen molar-refractivity contribution >= 4 is 23.8 Å². The van der Waals surface area contributed by atoms with Gasteiger partial charge in [0.25, 0.3) is 0 Å². The molecule has 0 aromatic rings. The largest absolute Gasteiger partial charge is 0.480 e. The summed E-state index contributed by atoms with van der Waals surface area (Å²) in [6.45, 7) is 3.47. The lowest BCUT2D eigenvalue weighted by Gasteiger charge is -2.18. The molecule has 0 radical (unpaired) electrons. The number of carbonyl (C=O) groups is 4. The first-order valence-electron chi connectivity index (χ1n) is 22.1. The number of carboxylic acids is 1. The van der Waals surface area contributed by atoms with Crippen LogP contribution in [-0.4, -0.2) is 59.3 Å². The molecule has 0 saturated carbocycles. The minimum Gasteiger partial charge on any atom is -0.480 e. The van der Waals surface area contributed by atoms with Crippen molar-refractivity contribution in [1.82, 2.24) is 10.6 Å². The van der Waals surface area contributed by atoms with Gasteiger partial charge in [-0.25, -0.2) is 4.79 Å². The smallest absolute Gasteiger partial charge is 0.328 e. The van der Waals surface area contributed by atoms with Gasteiger partial charge in [0.05, 0.1) is 13.2 Å². The van der Waals surface area contributed by atoms with Crippen molar-refractivity contribution < 1.29 is 34.1 Å². The maximum atomic E-state index is 12.7. The number of amides is 2. The molecule has 0 rings (SSSR count). The highest BCUT2D eigenvalue weighted by atomic mass is 16.5. The molecule has 0 aliphatic heterocycles. The molecule has 0 bridgehead atoms. The molecule has 4 N–H and O–H groups in total. The predicted octanol–water partition coefficient (Wildman–Crippen LogP) is 10.7. The van der Waals surface area contributed by atoms with E-state index < -0.39 is 24.5 Å². The number of hydrogen-bond donors (Lipinski definition) is 4. The van der Waals surface area contributed by atoms with Crippen LogP contribution in [0.5, 0.6) is 0 Å². The summed E-state index contributed by atoms with van der Waals surface area (Å²) in [6.07, 6.45) is 41.1. The first-order valence-corrected chi connectivity index (χ1v) is 22.1. The molecule has 310 valence electrons. The lowest BCUT2D eigenvalue weighted by Crippen LogP contribution is -2.47. The van der Waals surface area contributed by atoms with Crippen molar-refractivity contribution in [3.05, 3.63) is 12.2 Å². The summed E-state index contributed by atoms with van der Waals surface area (Å²) in [4.78, 5) is 47.5. The number of aliphatic hydroxyl groups excluding tert-OH is 1. The Labute approximate surface area is 324 Å². The number of aliphatic carboxylic acids is 1. The minimum atomic E-state index is -1.38. The van der Waals surface area contributed by atoms with E-state index >= 15 is 0 Å². The van der Waals surface area contributed by atoms with E-state index in [0.29, 0.717) is 19.3 Å².